The topological polar surface area (TPSA) is 104 Å². The van der Waals surface area contributed by atoms with Crippen molar-refractivity contribution in [2.45, 2.75) is 13.3 Å². The zero-order chi connectivity index (χ0) is 13.8. The summed E-state index contributed by atoms with van der Waals surface area (Å²) < 4.78 is 0. The number of anilines is 2. The molecule has 19 heavy (non-hydrogen) atoms. The Morgan fingerprint density at radius 2 is 2.32 bits per heavy atom. The number of rotatable bonds is 5. The molecule has 0 saturated heterocycles. The lowest BCUT2D eigenvalue weighted by molar-refractivity contribution is 0.0698. The maximum atomic E-state index is 11.1. The zero-order valence-corrected chi connectivity index (χ0v) is 10.6. The molecule has 6 heteroatoms. The number of nitrogens with one attached hydrogen (secondary N) is 2. The summed E-state index contributed by atoms with van der Waals surface area (Å²) in [4.78, 5) is 18.0. The summed E-state index contributed by atoms with van der Waals surface area (Å²) in [5.41, 5.74) is 8.71. The zero-order valence-electron chi connectivity index (χ0n) is 10.6. The first-order valence-corrected chi connectivity index (χ1v) is 5.92. The number of carboxylic acids is 1. The van der Waals surface area contributed by atoms with Gasteiger partial charge in [-0.2, -0.15) is 0 Å². The van der Waals surface area contributed by atoms with Gasteiger partial charge in [-0.25, -0.2) is 9.78 Å². The van der Waals surface area contributed by atoms with E-state index in [2.05, 4.69) is 15.3 Å². The summed E-state index contributed by atoms with van der Waals surface area (Å²) in [6, 6.07) is 3.40. The van der Waals surface area contributed by atoms with Crippen molar-refractivity contribution in [1.29, 1.82) is 0 Å². The van der Waals surface area contributed by atoms with Crippen LogP contribution in [0, 0.1) is 6.92 Å². The van der Waals surface area contributed by atoms with Crippen LogP contribution in [0.25, 0.3) is 0 Å². The van der Waals surface area contributed by atoms with Gasteiger partial charge in [0.2, 0.25) is 0 Å². The number of H-pyrrole nitrogens is 1. The third-order valence-electron chi connectivity index (χ3n) is 2.90. The first-order valence-electron chi connectivity index (χ1n) is 5.92. The quantitative estimate of drug-likeness (QED) is 0.612. The molecule has 0 unspecified atom stereocenters. The molecule has 0 atom stereocenters. The van der Waals surface area contributed by atoms with Gasteiger partial charge in [-0.1, -0.05) is 0 Å². The largest absolute Gasteiger partial charge is 0.478 e. The average molecular weight is 260 g/mol. The second-order valence-corrected chi connectivity index (χ2v) is 4.31. The molecule has 0 bridgehead atoms. The lowest BCUT2D eigenvalue weighted by atomic mass is 10.1. The van der Waals surface area contributed by atoms with Crippen molar-refractivity contribution in [1.82, 2.24) is 9.97 Å². The van der Waals surface area contributed by atoms with Crippen molar-refractivity contribution in [3.8, 4) is 0 Å². The number of aryl methyl sites for hydroxylation is 1. The van der Waals surface area contributed by atoms with Crippen LogP contribution in [0.5, 0.6) is 0 Å². The number of aromatic amines is 1. The lowest BCUT2D eigenvalue weighted by Gasteiger charge is -2.11. The van der Waals surface area contributed by atoms with Gasteiger partial charge >= 0.3 is 5.97 Å². The summed E-state index contributed by atoms with van der Waals surface area (Å²) in [5.74, 6) is -1.02. The minimum atomic E-state index is -1.02. The van der Waals surface area contributed by atoms with Crippen LogP contribution in [0.15, 0.2) is 24.7 Å². The molecule has 1 aromatic heterocycles. The fourth-order valence-corrected chi connectivity index (χ4v) is 1.84. The smallest absolute Gasteiger partial charge is 0.337 e. The van der Waals surface area contributed by atoms with Crippen molar-refractivity contribution in [2.75, 3.05) is 17.6 Å². The average Bonchev–Trinajstić information content (AvgIpc) is 2.86. The van der Waals surface area contributed by atoms with Crippen LogP contribution in [-0.4, -0.2) is 27.6 Å². The highest BCUT2D eigenvalue weighted by Crippen LogP contribution is 2.22. The SMILES string of the molecule is Cc1cc(NCCc2cnc[nH]2)cc(C(=O)O)c1N. The number of nitrogens with two attached hydrogens (primary N) is 1. The number of aromatic carboxylic acids is 1. The number of hydrogen-bond donors (Lipinski definition) is 4. The molecule has 0 aliphatic rings. The normalized spacial score (nSPS) is 10.4. The molecule has 1 aromatic carbocycles. The molecule has 2 rings (SSSR count). The standard InChI is InChI=1S/C13H16N4O2/c1-8-4-10(5-11(12(8)14)13(18)19)16-3-2-9-6-15-7-17-9/h4-7,16H,2-3,14H2,1H3,(H,15,17)(H,18,19). The van der Waals surface area contributed by atoms with Crippen molar-refractivity contribution < 1.29 is 9.90 Å². The van der Waals surface area contributed by atoms with Gasteiger partial charge < -0.3 is 21.1 Å². The molecule has 0 aliphatic carbocycles. The maximum absolute atomic E-state index is 11.1. The lowest BCUT2D eigenvalue weighted by Crippen LogP contribution is -2.09. The van der Waals surface area contributed by atoms with Gasteiger partial charge in [-0.15, -0.1) is 0 Å². The van der Waals surface area contributed by atoms with E-state index >= 15 is 0 Å². The molecule has 0 fully saturated rings. The number of imidazole rings is 1. The summed E-state index contributed by atoms with van der Waals surface area (Å²) in [6.07, 6.45) is 4.18. The minimum absolute atomic E-state index is 0.129. The van der Waals surface area contributed by atoms with Gasteiger partial charge in [0.25, 0.3) is 0 Å². The number of benzene rings is 1. The first-order chi connectivity index (χ1) is 9.08. The summed E-state index contributed by atoms with van der Waals surface area (Å²) >= 11 is 0. The second kappa shape index (κ2) is 5.43. The van der Waals surface area contributed by atoms with Crippen molar-refractivity contribution in [3.05, 3.63) is 41.5 Å². The van der Waals surface area contributed by atoms with Gasteiger partial charge in [0.05, 0.1) is 11.9 Å². The van der Waals surface area contributed by atoms with E-state index in [-0.39, 0.29) is 5.56 Å². The van der Waals surface area contributed by atoms with Gasteiger partial charge in [-0.3, -0.25) is 0 Å². The second-order valence-electron chi connectivity index (χ2n) is 4.31. The Bertz CT molecular complexity index is 579. The predicted molar refractivity (Wildman–Crippen MR) is 73.3 cm³/mol. The molecule has 2 aromatic rings. The molecular formula is C13H16N4O2. The van der Waals surface area contributed by atoms with Crippen LogP contribution in [-0.2, 0) is 6.42 Å². The van der Waals surface area contributed by atoms with Crippen LogP contribution in [0.4, 0.5) is 11.4 Å². The number of carboxylic acid groups (broad SMARTS) is 1. The van der Waals surface area contributed by atoms with Crippen LogP contribution >= 0.6 is 0 Å². The maximum Gasteiger partial charge on any atom is 0.337 e. The van der Waals surface area contributed by atoms with Crippen molar-refractivity contribution >= 4 is 17.3 Å². The molecular weight excluding hydrogens is 244 g/mol. The van der Waals surface area contributed by atoms with E-state index in [1.54, 1.807) is 25.5 Å². The van der Waals surface area contributed by atoms with E-state index in [1.165, 1.54) is 0 Å². The van der Waals surface area contributed by atoms with E-state index in [0.29, 0.717) is 12.2 Å². The van der Waals surface area contributed by atoms with Gasteiger partial charge in [0, 0.05) is 36.2 Å². The Labute approximate surface area is 110 Å². The molecule has 0 saturated carbocycles. The van der Waals surface area contributed by atoms with Gasteiger partial charge in [0.1, 0.15) is 0 Å². The highest BCUT2D eigenvalue weighted by molar-refractivity contribution is 5.95. The predicted octanol–water partition coefficient (Wildman–Crippen LogP) is 1.65. The monoisotopic (exact) mass is 260 g/mol. The molecule has 6 nitrogen and oxygen atoms in total. The number of carbonyl (C=O) groups is 1. The van der Waals surface area contributed by atoms with Crippen molar-refractivity contribution in [3.63, 3.8) is 0 Å². The van der Waals surface area contributed by atoms with E-state index in [4.69, 9.17) is 10.8 Å². The summed E-state index contributed by atoms with van der Waals surface area (Å²) in [7, 11) is 0. The Morgan fingerprint density at radius 1 is 1.53 bits per heavy atom. The van der Waals surface area contributed by atoms with E-state index < -0.39 is 5.97 Å². The number of hydrogen-bond acceptors (Lipinski definition) is 4. The fourth-order valence-electron chi connectivity index (χ4n) is 1.84. The van der Waals surface area contributed by atoms with Crippen LogP contribution < -0.4 is 11.1 Å². The van der Waals surface area contributed by atoms with Crippen LogP contribution in [0.3, 0.4) is 0 Å². The fraction of sp³-hybridized carbons (Fsp3) is 0.231. The molecule has 0 amide bonds. The molecule has 5 N–H and O–H groups in total. The molecule has 0 spiro atoms. The number of nitrogen functional groups attached to an aromatic ring is 1. The van der Waals surface area contributed by atoms with E-state index in [0.717, 1.165) is 23.4 Å². The third-order valence-corrected chi connectivity index (χ3v) is 2.90. The van der Waals surface area contributed by atoms with Crippen molar-refractivity contribution in [2.24, 2.45) is 0 Å². The Morgan fingerprint density at radius 3 is 2.95 bits per heavy atom. The van der Waals surface area contributed by atoms with Gasteiger partial charge in [-0.05, 0) is 24.6 Å². The molecule has 0 radical (unpaired) electrons. The van der Waals surface area contributed by atoms with Gasteiger partial charge in [0.15, 0.2) is 0 Å². The Balaban J connectivity index is 2.06. The number of aromatic nitrogens is 2. The highest BCUT2D eigenvalue weighted by Gasteiger charge is 2.11. The molecule has 1 heterocycles. The van der Waals surface area contributed by atoms with Crippen LogP contribution in [0.1, 0.15) is 21.6 Å². The minimum Gasteiger partial charge on any atom is -0.478 e. The molecule has 100 valence electrons. The third kappa shape index (κ3) is 3.04. The first kappa shape index (κ1) is 12.9. The summed E-state index contributed by atoms with van der Waals surface area (Å²) in [6.45, 7) is 2.48. The Kier molecular flexibility index (Phi) is 3.70. The van der Waals surface area contributed by atoms with Crippen LogP contribution in [0.2, 0.25) is 0 Å². The number of nitrogens with zero attached hydrogens (tertiary/aromatic N) is 1. The van der Waals surface area contributed by atoms with E-state index in [9.17, 15) is 4.79 Å². The Hall–Kier alpha value is -2.50. The highest BCUT2D eigenvalue weighted by atomic mass is 16.4. The van der Waals surface area contributed by atoms with E-state index in [1.807, 2.05) is 6.07 Å². The summed E-state index contributed by atoms with van der Waals surface area (Å²) in [5, 5.41) is 12.2. The molecule has 0 aliphatic heterocycles.